The Labute approximate surface area is 253 Å². The fourth-order valence-electron chi connectivity index (χ4n) is 7.01. The zero-order valence-corrected chi connectivity index (χ0v) is 23.3. The molecule has 0 aromatic heterocycles. The topological polar surface area (TPSA) is 0 Å². The van der Waals surface area contributed by atoms with Gasteiger partial charge in [0.2, 0.25) is 0 Å². The number of benzene rings is 4. The van der Waals surface area contributed by atoms with Crippen molar-refractivity contribution in [3.05, 3.63) is 119 Å². The van der Waals surface area contributed by atoms with Crippen molar-refractivity contribution in [2.75, 3.05) is 0 Å². The second kappa shape index (κ2) is 18.5. The van der Waals surface area contributed by atoms with E-state index < -0.39 is 0 Å². The lowest BCUT2D eigenvalue weighted by Gasteiger charge is -2.24. The van der Waals surface area contributed by atoms with Crippen LogP contribution in [0.3, 0.4) is 0 Å². The maximum atomic E-state index is 2.26. The quantitative estimate of drug-likeness (QED) is 0.204. The van der Waals surface area contributed by atoms with E-state index in [2.05, 4.69) is 97.1 Å². The number of hydrogen-bond donors (Lipinski definition) is 0. The molecule has 0 nitrogen and oxygen atoms in total. The molecule has 4 aliphatic rings. The van der Waals surface area contributed by atoms with E-state index >= 15 is 0 Å². The molecule has 4 aliphatic carbocycles. The van der Waals surface area contributed by atoms with E-state index in [-0.39, 0.29) is 22.3 Å². The number of fused-ring (bicyclic) bond motifs is 4. The van der Waals surface area contributed by atoms with Gasteiger partial charge in [-0.15, -0.1) is 0 Å². The summed E-state index contributed by atoms with van der Waals surface area (Å²) in [6.45, 7) is 0. The first-order chi connectivity index (χ1) is 18.9. The Bertz CT molecular complexity index is 1130. The molecule has 0 aliphatic heterocycles. The summed E-state index contributed by atoms with van der Waals surface area (Å²) in [7, 11) is 0. The molecule has 0 radical (unpaired) electrons. The van der Waals surface area contributed by atoms with Crippen LogP contribution in [-0.2, 0) is 25.7 Å². The predicted octanol–water partition coefficient (Wildman–Crippen LogP) is 12.5. The highest BCUT2D eigenvalue weighted by molar-refractivity contribution is 5.82. The Kier molecular flexibility index (Phi) is 15.5. The van der Waals surface area contributed by atoms with E-state index in [4.69, 9.17) is 0 Å². The summed E-state index contributed by atoms with van der Waals surface area (Å²) in [5.41, 5.74) is 6.29. The summed E-state index contributed by atoms with van der Waals surface area (Å²) < 4.78 is 0. The van der Waals surface area contributed by atoms with E-state index in [0.717, 1.165) is 0 Å². The molecule has 4 aromatic carbocycles. The predicted molar refractivity (Wildman–Crippen MR) is 185 cm³/mol. The summed E-state index contributed by atoms with van der Waals surface area (Å²) in [5, 5.41) is 2.62. The molecule has 2 unspecified atom stereocenters. The molecule has 2 fully saturated rings. The zero-order chi connectivity index (χ0) is 25.8. The molecule has 4 aromatic rings. The Morgan fingerprint density at radius 3 is 0.976 bits per heavy atom. The van der Waals surface area contributed by atoms with Crippen molar-refractivity contribution in [2.45, 2.75) is 112 Å². The van der Waals surface area contributed by atoms with Crippen LogP contribution >= 0.6 is 0 Å². The maximum Gasteiger partial charge on any atom is -0.0184 e. The molecule has 0 heteroatoms. The summed E-state index contributed by atoms with van der Waals surface area (Å²) in [5.74, 6) is 2.33. The van der Waals surface area contributed by atoms with Gasteiger partial charge in [-0.2, -0.15) is 0 Å². The normalized spacial score (nSPS) is 19.2. The Balaban J connectivity index is 0.000000187. The lowest BCUT2D eigenvalue weighted by molar-refractivity contribution is 0.277. The summed E-state index contributed by atoms with van der Waals surface area (Å²) in [4.78, 5) is 0. The molecule has 41 heavy (non-hydrogen) atoms. The van der Waals surface area contributed by atoms with Gasteiger partial charge >= 0.3 is 0 Å². The highest BCUT2D eigenvalue weighted by Gasteiger charge is 2.28. The zero-order valence-electron chi connectivity index (χ0n) is 23.3. The van der Waals surface area contributed by atoms with Crippen LogP contribution in [-0.4, -0.2) is 0 Å². The monoisotopic (exact) mass is 550 g/mol. The fraction of sp³-hybridized carbons (Fsp3) is 0.463. The smallest absolute Gasteiger partial charge is 0.0184 e. The molecule has 222 valence electrons. The summed E-state index contributed by atoms with van der Waals surface area (Å²) in [6, 6.07) is 34.3. The molecule has 0 saturated heterocycles. The molecule has 8 rings (SSSR count). The minimum Gasteiger partial charge on any atom is -0.0776 e. The molecule has 0 N–H and O–H groups in total. The molecule has 0 amide bonds. The number of rotatable bonds is 0. The third-order valence-electron chi connectivity index (χ3n) is 9.15. The first-order valence-corrected chi connectivity index (χ1v) is 15.4. The third kappa shape index (κ3) is 10.2. The highest BCUT2D eigenvalue weighted by Crippen LogP contribution is 2.41. The van der Waals surface area contributed by atoms with Crippen LogP contribution in [0.4, 0.5) is 0 Å². The lowest BCUT2D eigenvalue weighted by Crippen LogP contribution is -2.12. The van der Waals surface area contributed by atoms with Crippen molar-refractivity contribution in [2.24, 2.45) is 11.8 Å². The van der Waals surface area contributed by atoms with Gasteiger partial charge in [0, 0.05) is 0 Å². The summed E-state index contributed by atoms with van der Waals surface area (Å²) >= 11 is 0. The van der Waals surface area contributed by atoms with Crippen LogP contribution in [0.2, 0.25) is 0 Å². The van der Waals surface area contributed by atoms with E-state index in [1.165, 1.54) is 86.8 Å². The molecule has 0 heterocycles. The van der Waals surface area contributed by atoms with Gasteiger partial charge in [-0.1, -0.05) is 164 Å². The molecular weight excluding hydrogens is 492 g/mol. The van der Waals surface area contributed by atoms with E-state index in [9.17, 15) is 0 Å². The molecule has 0 spiro atoms. The molecule has 2 atom stereocenters. The van der Waals surface area contributed by atoms with Crippen LogP contribution in [0.15, 0.2) is 97.1 Å². The van der Waals surface area contributed by atoms with Crippen LogP contribution in [0.5, 0.6) is 0 Å². The maximum absolute atomic E-state index is 2.26. The van der Waals surface area contributed by atoms with Crippen LogP contribution in [0.25, 0.3) is 10.8 Å². The highest BCUT2D eigenvalue weighted by atomic mass is 14.3. The van der Waals surface area contributed by atoms with Crippen molar-refractivity contribution in [3.63, 3.8) is 0 Å². The fourth-order valence-corrected chi connectivity index (χ4v) is 7.01. The minimum absolute atomic E-state index is 0. The van der Waals surface area contributed by atoms with Gasteiger partial charge < -0.3 is 0 Å². The summed E-state index contributed by atoms with van der Waals surface area (Å²) in [6.07, 6.45) is 20.2. The van der Waals surface area contributed by atoms with Crippen molar-refractivity contribution >= 4 is 10.8 Å². The average Bonchev–Trinajstić information content (AvgIpc) is 3.68. The first-order valence-electron chi connectivity index (χ1n) is 15.4. The molecule has 2 saturated carbocycles. The number of hydrogen-bond acceptors (Lipinski definition) is 0. The van der Waals surface area contributed by atoms with Gasteiger partial charge in [0.05, 0.1) is 0 Å². The van der Waals surface area contributed by atoms with Gasteiger partial charge in [0.1, 0.15) is 0 Å². The second-order valence-corrected chi connectivity index (χ2v) is 11.7. The van der Waals surface area contributed by atoms with Gasteiger partial charge in [0.15, 0.2) is 0 Å². The average molecular weight is 551 g/mol. The second-order valence-electron chi connectivity index (χ2n) is 11.7. The van der Waals surface area contributed by atoms with Crippen molar-refractivity contribution in [3.8, 4) is 0 Å². The number of aryl methyl sites for hydroxylation is 4. The molecule has 0 bridgehead atoms. The van der Waals surface area contributed by atoms with Crippen LogP contribution in [0.1, 0.15) is 109 Å². The van der Waals surface area contributed by atoms with Gasteiger partial charge in [0.25, 0.3) is 0 Å². The van der Waals surface area contributed by atoms with Crippen molar-refractivity contribution in [1.29, 1.82) is 0 Å². The van der Waals surface area contributed by atoms with Gasteiger partial charge in [-0.25, -0.2) is 0 Å². The van der Waals surface area contributed by atoms with Gasteiger partial charge in [-0.3, -0.25) is 0 Å². The Morgan fingerprint density at radius 2 is 0.610 bits per heavy atom. The SMILES string of the molecule is C.C.C.C1CCC2CCCC2C1.c1ccc2c(c1)CCC2.c1ccc2c(c1)CCCC2.c1ccc2ccccc2c1. The van der Waals surface area contributed by atoms with E-state index in [1.807, 2.05) is 0 Å². The lowest BCUT2D eigenvalue weighted by atomic mass is 9.82. The van der Waals surface area contributed by atoms with Crippen LogP contribution < -0.4 is 0 Å². The Hall–Kier alpha value is -2.86. The van der Waals surface area contributed by atoms with Crippen LogP contribution in [0, 0.1) is 11.8 Å². The minimum atomic E-state index is 0. The Morgan fingerprint density at radius 1 is 0.317 bits per heavy atom. The van der Waals surface area contributed by atoms with E-state index in [0.29, 0.717) is 0 Å². The van der Waals surface area contributed by atoms with Crippen molar-refractivity contribution in [1.82, 2.24) is 0 Å². The molecular formula is C41H58. The standard InChI is InChI=1S/C10H12.C10H8.C9H16.C9H10.3CH4/c2*1-2-6-10-8-4-3-7-9(10)5-1;2*1-2-5-9-7-3-6-8(9)4-1;;;/h1-2,5-6H,3-4,7-8H2;1-8H;8-9H,1-7H2;1-2,4-5H,3,6-7H2;3*1H4. The van der Waals surface area contributed by atoms with Crippen molar-refractivity contribution < 1.29 is 0 Å². The largest absolute Gasteiger partial charge is 0.0776 e. The van der Waals surface area contributed by atoms with E-state index in [1.54, 1.807) is 47.9 Å². The first kappa shape index (κ1) is 34.3. The van der Waals surface area contributed by atoms with Gasteiger partial charge in [-0.05, 0) is 89.8 Å². The third-order valence-corrected chi connectivity index (χ3v) is 9.15.